The molecule has 2 fully saturated rings. The predicted molar refractivity (Wildman–Crippen MR) is 75.7 cm³/mol. The minimum atomic E-state index is -0.800. The predicted octanol–water partition coefficient (Wildman–Crippen LogP) is 2.14. The van der Waals surface area contributed by atoms with Crippen molar-refractivity contribution in [1.29, 1.82) is 0 Å². The molecule has 1 saturated carbocycles. The van der Waals surface area contributed by atoms with Crippen molar-refractivity contribution < 1.29 is 9.90 Å². The van der Waals surface area contributed by atoms with Crippen molar-refractivity contribution >= 4 is 5.97 Å². The first-order valence-corrected chi connectivity index (χ1v) is 7.72. The number of rotatable bonds is 4. The summed E-state index contributed by atoms with van der Waals surface area (Å²) in [4.78, 5) is 11.5. The maximum atomic E-state index is 11.5. The quantitative estimate of drug-likeness (QED) is 0.885. The molecule has 2 N–H and O–H groups in total. The second-order valence-electron chi connectivity index (χ2n) is 6.17. The Hall–Kier alpha value is -1.36. The third-order valence-electron chi connectivity index (χ3n) is 4.75. The van der Waals surface area contributed by atoms with Crippen LogP contribution in [0.5, 0.6) is 0 Å². The van der Waals surface area contributed by atoms with Crippen LogP contribution in [0.4, 0.5) is 0 Å². The lowest BCUT2D eigenvalue weighted by Crippen LogP contribution is -2.49. The third kappa shape index (κ3) is 2.59. The lowest BCUT2D eigenvalue weighted by Gasteiger charge is -2.24. The second-order valence-corrected chi connectivity index (χ2v) is 6.17. The molecule has 5 nitrogen and oxygen atoms in total. The smallest absolute Gasteiger partial charge is 0.324 e. The van der Waals surface area contributed by atoms with E-state index in [2.05, 4.69) is 15.1 Å². The highest BCUT2D eigenvalue weighted by atomic mass is 16.4. The molecule has 0 amide bonds. The van der Waals surface area contributed by atoms with Crippen LogP contribution in [-0.4, -0.2) is 32.9 Å². The largest absolute Gasteiger partial charge is 0.480 e. The summed E-state index contributed by atoms with van der Waals surface area (Å²) in [5.74, 6) is -0.748. The van der Waals surface area contributed by atoms with Crippen molar-refractivity contribution in [1.82, 2.24) is 15.1 Å². The van der Waals surface area contributed by atoms with Crippen LogP contribution in [0.25, 0.3) is 0 Å². The highest BCUT2D eigenvalue weighted by Gasteiger charge is 2.41. The van der Waals surface area contributed by atoms with Gasteiger partial charge in [0.05, 0.1) is 11.7 Å². The van der Waals surface area contributed by atoms with E-state index in [4.69, 9.17) is 0 Å². The minimum Gasteiger partial charge on any atom is -0.480 e. The van der Waals surface area contributed by atoms with Crippen LogP contribution in [-0.2, 0) is 11.2 Å². The number of hydrogen-bond donors (Lipinski definition) is 2. The van der Waals surface area contributed by atoms with Gasteiger partial charge in [0.2, 0.25) is 0 Å². The maximum absolute atomic E-state index is 11.5. The van der Waals surface area contributed by atoms with Gasteiger partial charge >= 0.3 is 5.97 Å². The number of hydrogen-bond acceptors (Lipinski definition) is 3. The van der Waals surface area contributed by atoms with Crippen LogP contribution in [0.15, 0.2) is 12.3 Å². The molecule has 0 aromatic carbocycles. The molecule has 5 heteroatoms. The van der Waals surface area contributed by atoms with Crippen LogP contribution >= 0.6 is 0 Å². The highest BCUT2D eigenvalue weighted by molar-refractivity contribution is 5.79. The van der Waals surface area contributed by atoms with Crippen LogP contribution < -0.4 is 5.32 Å². The number of nitrogens with one attached hydrogen (secondary N) is 1. The van der Waals surface area contributed by atoms with Gasteiger partial charge in [0.1, 0.15) is 5.54 Å². The van der Waals surface area contributed by atoms with Crippen molar-refractivity contribution in [3.05, 3.63) is 18.0 Å². The van der Waals surface area contributed by atoms with Crippen LogP contribution in [0, 0.1) is 0 Å². The van der Waals surface area contributed by atoms with Gasteiger partial charge in [0.15, 0.2) is 0 Å². The van der Waals surface area contributed by atoms with Crippen molar-refractivity contribution in [3.63, 3.8) is 0 Å². The minimum absolute atomic E-state index is 0.488. The Morgan fingerprint density at radius 2 is 2.20 bits per heavy atom. The van der Waals surface area contributed by atoms with Gasteiger partial charge in [-0.05, 0) is 38.3 Å². The molecule has 20 heavy (non-hydrogen) atoms. The molecule has 0 spiro atoms. The Morgan fingerprint density at radius 1 is 1.40 bits per heavy atom. The molecule has 1 atom stereocenters. The topological polar surface area (TPSA) is 67.1 Å². The van der Waals surface area contributed by atoms with E-state index < -0.39 is 11.5 Å². The summed E-state index contributed by atoms with van der Waals surface area (Å²) in [6.45, 7) is 0.787. The summed E-state index contributed by atoms with van der Waals surface area (Å²) < 4.78 is 2.05. The van der Waals surface area contributed by atoms with Gasteiger partial charge in [0.25, 0.3) is 0 Å². The molecule has 1 aliphatic heterocycles. The van der Waals surface area contributed by atoms with Crippen molar-refractivity contribution in [2.24, 2.45) is 0 Å². The number of nitrogens with zero attached hydrogens (tertiary/aromatic N) is 2. The molecule has 0 radical (unpaired) electrons. The van der Waals surface area contributed by atoms with Crippen molar-refractivity contribution in [3.8, 4) is 0 Å². The first kappa shape index (κ1) is 13.6. The van der Waals surface area contributed by atoms with E-state index in [9.17, 15) is 9.90 Å². The molecule has 1 aliphatic carbocycles. The van der Waals surface area contributed by atoms with Gasteiger partial charge in [-0.1, -0.05) is 19.3 Å². The highest BCUT2D eigenvalue weighted by Crippen LogP contribution is 2.28. The molecule has 1 saturated heterocycles. The lowest BCUT2D eigenvalue weighted by atomic mass is 9.92. The zero-order chi connectivity index (χ0) is 14.0. The van der Waals surface area contributed by atoms with Crippen molar-refractivity contribution in [2.75, 3.05) is 6.54 Å². The molecule has 1 unspecified atom stereocenters. The molecule has 1 aromatic rings. The lowest BCUT2D eigenvalue weighted by molar-refractivity contribution is -0.144. The molecular weight excluding hydrogens is 254 g/mol. The normalized spacial score (nSPS) is 27.8. The van der Waals surface area contributed by atoms with Gasteiger partial charge in [-0.3, -0.25) is 9.48 Å². The summed E-state index contributed by atoms with van der Waals surface area (Å²) in [7, 11) is 0. The fourth-order valence-corrected chi connectivity index (χ4v) is 3.55. The third-order valence-corrected chi connectivity index (χ3v) is 4.75. The number of aromatic nitrogens is 2. The van der Waals surface area contributed by atoms with E-state index in [1.54, 1.807) is 0 Å². The van der Waals surface area contributed by atoms with E-state index in [1.165, 1.54) is 32.1 Å². The van der Waals surface area contributed by atoms with Crippen molar-refractivity contribution in [2.45, 2.75) is 62.9 Å². The van der Waals surface area contributed by atoms with Crippen LogP contribution in [0.3, 0.4) is 0 Å². The summed E-state index contributed by atoms with van der Waals surface area (Å²) in [6, 6.07) is 2.49. The standard InChI is InChI=1S/C15H23N3O2/c19-14(20)15(8-4-9-16-15)11-12-7-10-18(17-12)13-5-2-1-3-6-13/h7,10,13,16H,1-6,8-9,11H2,(H,19,20). The van der Waals surface area contributed by atoms with Crippen LogP contribution in [0.2, 0.25) is 0 Å². The number of carbonyl (C=O) groups is 1. The maximum Gasteiger partial charge on any atom is 0.324 e. The fraction of sp³-hybridized carbons (Fsp3) is 0.733. The molecule has 2 aliphatic rings. The SMILES string of the molecule is O=C(O)C1(Cc2ccn(C3CCCCC3)n2)CCCN1. The van der Waals surface area contributed by atoms with E-state index in [0.29, 0.717) is 18.9 Å². The first-order chi connectivity index (χ1) is 9.70. The summed E-state index contributed by atoms with van der Waals surface area (Å²) in [6.07, 6.45) is 10.4. The first-order valence-electron chi connectivity index (χ1n) is 7.72. The zero-order valence-corrected chi connectivity index (χ0v) is 11.8. The van der Waals surface area contributed by atoms with Gasteiger partial charge in [-0.15, -0.1) is 0 Å². The van der Waals surface area contributed by atoms with E-state index >= 15 is 0 Å². The van der Waals surface area contributed by atoms with E-state index in [-0.39, 0.29) is 0 Å². The van der Waals surface area contributed by atoms with E-state index in [1.807, 2.05) is 12.3 Å². The molecular formula is C15H23N3O2. The fourth-order valence-electron chi connectivity index (χ4n) is 3.55. The molecule has 0 bridgehead atoms. The zero-order valence-electron chi connectivity index (χ0n) is 11.8. The number of carboxylic acid groups (broad SMARTS) is 1. The summed E-state index contributed by atoms with van der Waals surface area (Å²) in [5, 5.41) is 17.3. The van der Waals surface area contributed by atoms with Gasteiger partial charge in [0, 0.05) is 12.6 Å². The van der Waals surface area contributed by atoms with Gasteiger partial charge < -0.3 is 10.4 Å². The monoisotopic (exact) mass is 277 g/mol. The van der Waals surface area contributed by atoms with E-state index in [0.717, 1.165) is 18.7 Å². The molecule has 3 rings (SSSR count). The Bertz CT molecular complexity index is 471. The number of carboxylic acids is 1. The van der Waals surface area contributed by atoms with Gasteiger partial charge in [-0.2, -0.15) is 5.10 Å². The second kappa shape index (κ2) is 5.56. The van der Waals surface area contributed by atoms with Crippen LogP contribution in [0.1, 0.15) is 56.7 Å². The summed E-state index contributed by atoms with van der Waals surface area (Å²) in [5.41, 5.74) is 0.0959. The molecule has 1 aromatic heterocycles. The Morgan fingerprint density at radius 3 is 2.85 bits per heavy atom. The molecule has 2 heterocycles. The number of aliphatic carboxylic acids is 1. The Labute approximate surface area is 119 Å². The average molecular weight is 277 g/mol. The summed E-state index contributed by atoms with van der Waals surface area (Å²) >= 11 is 0. The average Bonchev–Trinajstić information content (AvgIpc) is 3.10. The Kier molecular flexibility index (Phi) is 3.78. The molecule has 110 valence electrons. The van der Waals surface area contributed by atoms with Gasteiger partial charge in [-0.25, -0.2) is 0 Å². The Balaban J connectivity index is 1.71.